The molecular weight excluding hydrogens is 394 g/mol. The topological polar surface area (TPSA) is 97.9 Å². The number of hydrogen-bond acceptors (Lipinski definition) is 6. The van der Waals surface area contributed by atoms with Gasteiger partial charge in [-0.05, 0) is 31.4 Å². The Kier molecular flexibility index (Phi) is 5.01. The molecule has 0 saturated carbocycles. The van der Waals surface area contributed by atoms with Crippen LogP contribution in [-0.4, -0.2) is 43.1 Å². The molecule has 9 heteroatoms. The number of anilines is 1. The van der Waals surface area contributed by atoms with Gasteiger partial charge in [0.15, 0.2) is 0 Å². The van der Waals surface area contributed by atoms with Crippen molar-refractivity contribution in [3.63, 3.8) is 0 Å². The first-order valence-electron chi connectivity index (χ1n) is 10.7. The molecule has 1 fully saturated rings. The van der Waals surface area contributed by atoms with Crippen LogP contribution < -0.4 is 15.8 Å². The highest BCUT2D eigenvalue weighted by atomic mass is 16.2. The van der Waals surface area contributed by atoms with Crippen molar-refractivity contribution < 1.29 is 4.79 Å². The van der Waals surface area contributed by atoms with Gasteiger partial charge in [-0.25, -0.2) is 9.97 Å². The van der Waals surface area contributed by atoms with E-state index in [1.807, 2.05) is 23.8 Å². The molecule has 0 spiro atoms. The number of hydrogen-bond donors (Lipinski definition) is 1. The Morgan fingerprint density at radius 1 is 1.19 bits per heavy atom. The first-order chi connectivity index (χ1) is 15.1. The molecule has 1 amide bonds. The van der Waals surface area contributed by atoms with Crippen molar-refractivity contribution in [1.29, 1.82) is 0 Å². The van der Waals surface area contributed by atoms with Gasteiger partial charge >= 0.3 is 0 Å². The normalized spacial score (nSPS) is 19.7. The maximum Gasteiger partial charge on any atom is 0.263 e. The standard InChI is InChI=1S/C22H25N7O2/c1-2-27-13-17(26-14-27)8-25-21(30)18-3-4-19-16-7-15(11-29(19)22(18)31)10-28(12-16)20-9-23-5-6-24-20/h3-6,9,13-16H,2,7-8,10-12H2,1H3,(H,25,30)/t15-,16+/m0/s1. The van der Waals surface area contributed by atoms with Crippen LogP contribution in [0.1, 0.15) is 41.0 Å². The monoisotopic (exact) mass is 419 g/mol. The molecule has 0 unspecified atom stereocenters. The van der Waals surface area contributed by atoms with Crippen LogP contribution in [0.2, 0.25) is 0 Å². The largest absolute Gasteiger partial charge is 0.354 e. The fourth-order valence-electron chi connectivity index (χ4n) is 4.70. The van der Waals surface area contributed by atoms with Crippen molar-refractivity contribution in [3.05, 3.63) is 70.6 Å². The van der Waals surface area contributed by atoms with Crippen molar-refractivity contribution in [2.75, 3.05) is 18.0 Å². The summed E-state index contributed by atoms with van der Waals surface area (Å²) in [4.78, 5) is 41.0. The van der Waals surface area contributed by atoms with Gasteiger partial charge in [0.2, 0.25) is 0 Å². The lowest BCUT2D eigenvalue weighted by molar-refractivity contribution is 0.0947. The summed E-state index contributed by atoms with van der Waals surface area (Å²) in [6, 6.07) is 3.60. The van der Waals surface area contributed by atoms with Crippen LogP contribution in [0.15, 0.2) is 48.0 Å². The molecule has 2 aliphatic rings. The smallest absolute Gasteiger partial charge is 0.263 e. The van der Waals surface area contributed by atoms with Crippen molar-refractivity contribution >= 4 is 11.7 Å². The predicted molar refractivity (Wildman–Crippen MR) is 115 cm³/mol. The Morgan fingerprint density at radius 2 is 2.10 bits per heavy atom. The summed E-state index contributed by atoms with van der Waals surface area (Å²) in [5.74, 6) is 1.08. The first-order valence-corrected chi connectivity index (χ1v) is 10.7. The lowest BCUT2D eigenvalue weighted by atomic mass is 9.83. The highest BCUT2D eigenvalue weighted by Crippen LogP contribution is 2.36. The van der Waals surface area contributed by atoms with Crippen LogP contribution in [0.5, 0.6) is 0 Å². The van der Waals surface area contributed by atoms with Gasteiger partial charge in [-0.1, -0.05) is 0 Å². The zero-order valence-corrected chi connectivity index (χ0v) is 17.4. The fraction of sp³-hybridized carbons (Fsp3) is 0.409. The summed E-state index contributed by atoms with van der Waals surface area (Å²) < 4.78 is 3.74. The molecule has 160 valence electrons. The minimum atomic E-state index is -0.358. The van der Waals surface area contributed by atoms with Crippen molar-refractivity contribution in [2.45, 2.75) is 38.9 Å². The van der Waals surface area contributed by atoms with Gasteiger partial charge in [0, 0.05) is 56.4 Å². The van der Waals surface area contributed by atoms with Gasteiger partial charge in [0.1, 0.15) is 11.4 Å². The number of aromatic nitrogens is 5. The number of nitrogens with zero attached hydrogens (tertiary/aromatic N) is 6. The van der Waals surface area contributed by atoms with E-state index in [2.05, 4.69) is 25.2 Å². The molecule has 5 heterocycles. The maximum atomic E-state index is 13.1. The third-order valence-electron chi connectivity index (χ3n) is 6.20. The van der Waals surface area contributed by atoms with Crippen LogP contribution >= 0.6 is 0 Å². The lowest BCUT2D eigenvalue weighted by Gasteiger charge is -2.43. The highest BCUT2D eigenvalue weighted by molar-refractivity contribution is 5.93. The summed E-state index contributed by atoms with van der Waals surface area (Å²) >= 11 is 0. The molecule has 1 N–H and O–H groups in total. The van der Waals surface area contributed by atoms with Crippen LogP contribution in [0.3, 0.4) is 0 Å². The summed E-state index contributed by atoms with van der Waals surface area (Å²) in [6.45, 7) is 5.39. The number of aryl methyl sites for hydroxylation is 1. The number of amides is 1. The van der Waals surface area contributed by atoms with Crippen LogP contribution in [-0.2, 0) is 19.6 Å². The fourth-order valence-corrected chi connectivity index (χ4v) is 4.70. The molecule has 0 aromatic carbocycles. The number of pyridine rings is 1. The minimum Gasteiger partial charge on any atom is -0.354 e. The Balaban J connectivity index is 1.34. The van der Waals surface area contributed by atoms with E-state index in [1.165, 1.54) is 0 Å². The zero-order chi connectivity index (χ0) is 21.4. The van der Waals surface area contributed by atoms with Crippen molar-refractivity contribution in [1.82, 2.24) is 29.4 Å². The molecule has 0 aliphatic carbocycles. The number of nitrogens with one attached hydrogen (secondary N) is 1. The molecule has 2 bridgehead atoms. The van der Waals surface area contributed by atoms with E-state index in [-0.39, 0.29) is 22.9 Å². The number of imidazole rings is 1. The minimum absolute atomic E-state index is 0.185. The van der Waals surface area contributed by atoms with E-state index >= 15 is 0 Å². The van der Waals surface area contributed by atoms with Crippen LogP contribution in [0.25, 0.3) is 0 Å². The third-order valence-corrected chi connectivity index (χ3v) is 6.20. The second-order valence-electron chi connectivity index (χ2n) is 8.23. The molecule has 0 radical (unpaired) electrons. The zero-order valence-electron chi connectivity index (χ0n) is 17.4. The Bertz CT molecular complexity index is 1150. The van der Waals surface area contributed by atoms with E-state index in [0.29, 0.717) is 19.0 Å². The second kappa shape index (κ2) is 7.98. The summed E-state index contributed by atoms with van der Waals surface area (Å²) in [5.41, 5.74) is 1.74. The van der Waals surface area contributed by atoms with Crippen molar-refractivity contribution in [2.24, 2.45) is 5.92 Å². The summed E-state index contributed by atoms with van der Waals surface area (Å²) in [7, 11) is 0. The molecule has 3 aromatic heterocycles. The molecule has 3 aromatic rings. The molecule has 31 heavy (non-hydrogen) atoms. The van der Waals surface area contributed by atoms with E-state index in [0.717, 1.165) is 43.3 Å². The third kappa shape index (κ3) is 3.71. The average Bonchev–Trinajstić information content (AvgIpc) is 3.27. The van der Waals surface area contributed by atoms with Gasteiger partial charge in [-0.3, -0.25) is 14.6 Å². The predicted octanol–water partition coefficient (Wildman–Crippen LogP) is 1.41. The SMILES string of the molecule is CCn1cnc(CNC(=O)c2ccc3n(c2=O)C[C@H]2C[C@@H]3CN(c3cnccn3)C2)c1. The molecule has 2 atom stereocenters. The Labute approximate surface area is 179 Å². The maximum absolute atomic E-state index is 13.1. The molecular formula is C22H25N7O2. The molecule has 1 saturated heterocycles. The van der Waals surface area contributed by atoms with Crippen LogP contribution in [0.4, 0.5) is 5.82 Å². The first kappa shape index (κ1) is 19.5. The van der Waals surface area contributed by atoms with E-state index in [1.54, 1.807) is 35.6 Å². The van der Waals surface area contributed by atoms with E-state index < -0.39 is 0 Å². The van der Waals surface area contributed by atoms with Gasteiger partial charge in [-0.15, -0.1) is 0 Å². The Morgan fingerprint density at radius 3 is 2.87 bits per heavy atom. The van der Waals surface area contributed by atoms with Crippen LogP contribution in [0, 0.1) is 5.92 Å². The molecule has 9 nitrogen and oxygen atoms in total. The molecule has 5 rings (SSSR count). The number of piperidine rings is 1. The number of carbonyl (C=O) groups excluding carboxylic acids is 1. The Hall–Kier alpha value is -3.49. The highest BCUT2D eigenvalue weighted by Gasteiger charge is 2.35. The van der Waals surface area contributed by atoms with E-state index in [9.17, 15) is 9.59 Å². The van der Waals surface area contributed by atoms with Gasteiger partial charge < -0.3 is 19.4 Å². The van der Waals surface area contributed by atoms with E-state index in [4.69, 9.17) is 0 Å². The average molecular weight is 419 g/mol. The quantitative estimate of drug-likeness (QED) is 0.672. The van der Waals surface area contributed by atoms with Crippen molar-refractivity contribution in [3.8, 4) is 0 Å². The summed E-state index contributed by atoms with van der Waals surface area (Å²) in [6.07, 6.45) is 9.83. The number of rotatable bonds is 5. The number of carbonyl (C=O) groups is 1. The van der Waals surface area contributed by atoms with Gasteiger partial charge in [-0.2, -0.15) is 0 Å². The summed E-state index contributed by atoms with van der Waals surface area (Å²) in [5, 5.41) is 2.83. The molecule has 2 aliphatic heterocycles. The second-order valence-corrected chi connectivity index (χ2v) is 8.23. The van der Waals surface area contributed by atoms with Gasteiger partial charge in [0.25, 0.3) is 11.5 Å². The number of fused-ring (bicyclic) bond motifs is 4. The van der Waals surface area contributed by atoms with Gasteiger partial charge in [0.05, 0.1) is 24.8 Å². The lowest BCUT2D eigenvalue weighted by Crippen LogP contribution is -2.48.